The summed E-state index contributed by atoms with van der Waals surface area (Å²) in [6.07, 6.45) is 2.02. The molecule has 8 aromatic carbocycles. The van der Waals surface area contributed by atoms with Crippen LogP contribution < -0.4 is 5.19 Å². The third-order valence-corrected chi connectivity index (χ3v) is 14.7. The van der Waals surface area contributed by atoms with E-state index < -0.39 is 8.07 Å². The Morgan fingerprint density at radius 2 is 1.28 bits per heavy atom. The van der Waals surface area contributed by atoms with Crippen molar-refractivity contribution in [3.63, 3.8) is 0 Å². The minimum Gasteiger partial charge on any atom is -0.333 e. The van der Waals surface area contributed by atoms with E-state index >= 15 is 0 Å². The average molecular weight is 1060 g/mol. The SMILES string of the molecule is C[Si](C)(C)c1ccc(-c2[c-]cccc2)nc1.Fc1ccc(-c2cc(-c3ccc(F)cc3)c3c(c2)sc2c(-c4nc5ccccc5n4-c4cccc(-c5ccccc5)c4)[c-]ccc23)cc1.[Ir]. The second-order valence-electron chi connectivity index (χ2n) is 16.7. The van der Waals surface area contributed by atoms with Crippen LogP contribution in [0.15, 0.2) is 194 Å². The third-order valence-electron chi connectivity index (χ3n) is 11.5. The molecule has 0 spiro atoms. The summed E-state index contributed by atoms with van der Waals surface area (Å²) in [5.74, 6) is 0.241. The number of halogens is 2. The standard InChI is InChI=1S/C43H25F2N2S.C14H16NSi.Ir/c44-32-20-16-28(17-21-32)31-25-37(29-18-22-33(45)23-19-29)41-35-12-7-13-36(42(35)48-40(41)26-31)43-46-38-14-4-5-15-39(38)47(43)34-11-6-10-30(24-34)27-8-2-1-3-9-27;1-16(2,3)13-9-10-14(15-11-13)12-7-5-4-6-8-12;/h1-12,14-26H;4-7,9-11H,1-3H3;/q2*-1;. The Kier molecular flexibility index (Phi) is 12.4. The first-order valence-corrected chi connectivity index (χ1v) is 25.5. The van der Waals surface area contributed by atoms with Crippen LogP contribution in [0, 0.1) is 23.8 Å². The van der Waals surface area contributed by atoms with Crippen molar-refractivity contribution in [1.29, 1.82) is 0 Å². The molecule has 0 fully saturated rings. The Hall–Kier alpha value is -6.67. The van der Waals surface area contributed by atoms with Crippen molar-refractivity contribution < 1.29 is 28.9 Å². The molecule has 11 rings (SSSR count). The summed E-state index contributed by atoms with van der Waals surface area (Å²) < 4.78 is 32.3. The van der Waals surface area contributed by atoms with Crippen molar-refractivity contribution in [3.8, 4) is 61.7 Å². The Labute approximate surface area is 396 Å². The van der Waals surface area contributed by atoms with Gasteiger partial charge < -0.3 is 9.55 Å². The van der Waals surface area contributed by atoms with Crippen LogP contribution in [0.5, 0.6) is 0 Å². The molecule has 0 atom stereocenters. The molecule has 0 unspecified atom stereocenters. The molecular formula is C57H41F2IrN3SSi-2. The van der Waals surface area contributed by atoms with E-state index in [0.29, 0.717) is 0 Å². The van der Waals surface area contributed by atoms with Crippen molar-refractivity contribution in [2.75, 3.05) is 0 Å². The normalized spacial score (nSPS) is 11.3. The zero-order valence-corrected chi connectivity index (χ0v) is 40.0. The molecule has 0 amide bonds. The van der Waals surface area contributed by atoms with Gasteiger partial charge in [-0.2, -0.15) is 11.3 Å². The minimum atomic E-state index is -1.23. The molecular weight excluding hydrogens is 1020 g/mol. The van der Waals surface area contributed by atoms with Crippen LogP contribution in [0.25, 0.3) is 92.9 Å². The molecule has 0 saturated carbocycles. The number of hydrogen-bond acceptors (Lipinski definition) is 3. The summed E-state index contributed by atoms with van der Waals surface area (Å²) >= 11 is 1.69. The van der Waals surface area contributed by atoms with Gasteiger partial charge in [0.25, 0.3) is 0 Å². The van der Waals surface area contributed by atoms with E-state index in [1.165, 1.54) is 29.5 Å². The molecule has 0 N–H and O–H groups in total. The van der Waals surface area contributed by atoms with Gasteiger partial charge in [0.2, 0.25) is 0 Å². The van der Waals surface area contributed by atoms with E-state index in [4.69, 9.17) is 4.98 Å². The molecule has 3 aromatic heterocycles. The summed E-state index contributed by atoms with van der Waals surface area (Å²) in [7, 11) is -1.23. The van der Waals surface area contributed by atoms with Crippen LogP contribution in [0.3, 0.4) is 0 Å². The van der Waals surface area contributed by atoms with Gasteiger partial charge in [-0.05, 0) is 115 Å². The Balaban J connectivity index is 0.000000266. The van der Waals surface area contributed by atoms with E-state index in [2.05, 4.69) is 126 Å². The summed E-state index contributed by atoms with van der Waals surface area (Å²) in [4.78, 5) is 9.73. The minimum absolute atomic E-state index is 0. The van der Waals surface area contributed by atoms with Crippen LogP contribution in [0.2, 0.25) is 19.6 Å². The van der Waals surface area contributed by atoms with Gasteiger partial charge in [-0.3, -0.25) is 4.98 Å². The Morgan fingerprint density at radius 3 is 1.98 bits per heavy atom. The monoisotopic (exact) mass is 1060 g/mol. The molecule has 0 saturated heterocycles. The van der Waals surface area contributed by atoms with Gasteiger partial charge in [0.15, 0.2) is 0 Å². The van der Waals surface area contributed by atoms with E-state index in [1.54, 1.807) is 23.5 Å². The maximum atomic E-state index is 14.1. The van der Waals surface area contributed by atoms with E-state index in [0.717, 1.165) is 92.9 Å². The molecule has 0 aliphatic carbocycles. The number of rotatable bonds is 7. The predicted octanol–water partition coefficient (Wildman–Crippen LogP) is 15.2. The summed E-state index contributed by atoms with van der Waals surface area (Å²) in [6, 6.07) is 67.7. The molecule has 8 heteroatoms. The molecule has 0 aliphatic heterocycles. The summed E-state index contributed by atoms with van der Waals surface area (Å²) in [5, 5.41) is 3.55. The maximum absolute atomic E-state index is 14.1. The molecule has 0 aliphatic rings. The van der Waals surface area contributed by atoms with E-state index in [-0.39, 0.29) is 31.7 Å². The fourth-order valence-corrected chi connectivity index (χ4v) is 10.5. The van der Waals surface area contributed by atoms with Crippen molar-refractivity contribution in [1.82, 2.24) is 14.5 Å². The maximum Gasteiger partial charge on any atom is 0.123 e. The summed E-state index contributed by atoms with van der Waals surface area (Å²) in [5.41, 5.74) is 11.9. The number of fused-ring (bicyclic) bond motifs is 4. The molecule has 1 radical (unpaired) electrons. The first-order valence-electron chi connectivity index (χ1n) is 21.2. The van der Waals surface area contributed by atoms with Crippen molar-refractivity contribution in [2.24, 2.45) is 0 Å². The first-order chi connectivity index (χ1) is 31.2. The van der Waals surface area contributed by atoms with Crippen molar-refractivity contribution in [3.05, 3.63) is 218 Å². The molecule has 319 valence electrons. The van der Waals surface area contributed by atoms with E-state index in [9.17, 15) is 8.78 Å². The van der Waals surface area contributed by atoms with Gasteiger partial charge in [0.1, 0.15) is 11.6 Å². The number of thiophene rings is 1. The largest absolute Gasteiger partial charge is 0.333 e. The quantitative estimate of drug-likeness (QED) is 0.118. The van der Waals surface area contributed by atoms with E-state index in [1.807, 2.05) is 72.9 Å². The van der Waals surface area contributed by atoms with Crippen LogP contribution in [0.1, 0.15) is 0 Å². The van der Waals surface area contributed by atoms with Gasteiger partial charge in [-0.15, -0.1) is 54.1 Å². The number of benzene rings is 8. The van der Waals surface area contributed by atoms with Crippen LogP contribution in [0.4, 0.5) is 8.78 Å². The fraction of sp³-hybridized carbons (Fsp3) is 0.0526. The second-order valence-corrected chi connectivity index (χ2v) is 22.9. The van der Waals surface area contributed by atoms with Gasteiger partial charge in [-0.1, -0.05) is 122 Å². The van der Waals surface area contributed by atoms with Crippen LogP contribution >= 0.6 is 11.3 Å². The molecule has 65 heavy (non-hydrogen) atoms. The fourth-order valence-electron chi connectivity index (χ4n) is 8.16. The van der Waals surface area contributed by atoms with Crippen LogP contribution in [-0.2, 0) is 20.1 Å². The van der Waals surface area contributed by atoms with Crippen molar-refractivity contribution in [2.45, 2.75) is 19.6 Å². The smallest absolute Gasteiger partial charge is 0.123 e. The zero-order valence-electron chi connectivity index (χ0n) is 35.8. The van der Waals surface area contributed by atoms with Gasteiger partial charge in [-0.25, -0.2) is 8.78 Å². The zero-order chi connectivity index (χ0) is 43.8. The number of hydrogen-bond donors (Lipinski definition) is 0. The molecule has 3 nitrogen and oxygen atoms in total. The average Bonchev–Trinajstić information content (AvgIpc) is 3.92. The molecule has 11 aromatic rings. The van der Waals surface area contributed by atoms with Gasteiger partial charge >= 0.3 is 0 Å². The number of pyridine rings is 1. The van der Waals surface area contributed by atoms with Gasteiger partial charge in [0, 0.05) is 36.7 Å². The predicted molar refractivity (Wildman–Crippen MR) is 266 cm³/mol. The molecule has 0 bridgehead atoms. The number of para-hydroxylation sites is 2. The van der Waals surface area contributed by atoms with Crippen LogP contribution in [-0.4, -0.2) is 22.6 Å². The van der Waals surface area contributed by atoms with Gasteiger partial charge in [0.05, 0.1) is 24.9 Å². The van der Waals surface area contributed by atoms with Crippen molar-refractivity contribution >= 4 is 55.8 Å². The topological polar surface area (TPSA) is 30.7 Å². The Morgan fingerprint density at radius 1 is 0.585 bits per heavy atom. The number of imidazole rings is 1. The Bertz CT molecular complexity index is 3420. The number of nitrogens with zero attached hydrogens (tertiary/aromatic N) is 3. The second kappa shape index (κ2) is 18.4. The third kappa shape index (κ3) is 8.91. The number of aromatic nitrogens is 3. The summed E-state index contributed by atoms with van der Waals surface area (Å²) in [6.45, 7) is 7.00. The first kappa shape index (κ1) is 43.6. The molecule has 3 heterocycles.